The molecule has 2 N–H and O–H groups in total. The Morgan fingerprint density at radius 3 is 2.43 bits per heavy atom. The summed E-state index contributed by atoms with van der Waals surface area (Å²) in [4.78, 5) is 41.7. The molecule has 0 atom stereocenters. The monoisotopic (exact) mass is 404 g/mol. The maximum Gasteiger partial charge on any atom is 0.261 e. The Morgan fingerprint density at radius 1 is 0.967 bits per heavy atom. The summed E-state index contributed by atoms with van der Waals surface area (Å²) in [7, 11) is 0. The molecule has 0 bridgehead atoms. The molecule has 1 heterocycles. The predicted molar refractivity (Wildman–Crippen MR) is 114 cm³/mol. The third-order valence-corrected chi connectivity index (χ3v) is 5.14. The van der Waals surface area contributed by atoms with Crippen LogP contribution in [0.3, 0.4) is 0 Å². The Kier molecular flexibility index (Phi) is 5.88. The van der Waals surface area contributed by atoms with E-state index >= 15 is 0 Å². The number of carbonyl (C=O) groups is 2. The summed E-state index contributed by atoms with van der Waals surface area (Å²) < 4.78 is 1.76. The first-order valence-electron chi connectivity index (χ1n) is 10.2. The molecule has 2 amide bonds. The second kappa shape index (κ2) is 8.90. The number of aromatic nitrogens is 2. The molecular weight excluding hydrogens is 380 g/mol. The van der Waals surface area contributed by atoms with Crippen LogP contribution >= 0.6 is 0 Å². The molecule has 0 unspecified atom stereocenters. The third kappa shape index (κ3) is 4.56. The lowest BCUT2D eigenvalue weighted by atomic mass is 10.2. The molecule has 7 heteroatoms. The van der Waals surface area contributed by atoms with Gasteiger partial charge in [-0.2, -0.15) is 0 Å². The van der Waals surface area contributed by atoms with Crippen LogP contribution in [0.4, 0.5) is 0 Å². The van der Waals surface area contributed by atoms with Crippen LogP contribution in [0.15, 0.2) is 59.4 Å². The zero-order chi connectivity index (χ0) is 20.9. The highest BCUT2D eigenvalue weighted by Crippen LogP contribution is 2.34. The SMILES string of the molecule is O=C(CCc1nc2ccccc2c(=O)n1C1CC1)NCCNC(=O)c1ccccc1. The molecule has 7 nitrogen and oxygen atoms in total. The van der Waals surface area contributed by atoms with E-state index in [0.29, 0.717) is 41.8 Å². The van der Waals surface area contributed by atoms with Crippen LogP contribution in [0.25, 0.3) is 10.9 Å². The van der Waals surface area contributed by atoms with Crippen molar-refractivity contribution in [2.45, 2.75) is 31.7 Å². The molecule has 2 aromatic carbocycles. The first-order chi connectivity index (χ1) is 14.6. The van der Waals surface area contributed by atoms with Crippen LogP contribution in [-0.2, 0) is 11.2 Å². The van der Waals surface area contributed by atoms with Crippen molar-refractivity contribution in [2.24, 2.45) is 0 Å². The van der Waals surface area contributed by atoms with Gasteiger partial charge in [0.25, 0.3) is 11.5 Å². The highest BCUT2D eigenvalue weighted by atomic mass is 16.2. The van der Waals surface area contributed by atoms with Gasteiger partial charge in [-0.1, -0.05) is 30.3 Å². The number of fused-ring (bicyclic) bond motifs is 1. The van der Waals surface area contributed by atoms with Crippen LogP contribution in [0.2, 0.25) is 0 Å². The zero-order valence-electron chi connectivity index (χ0n) is 16.6. The van der Waals surface area contributed by atoms with E-state index in [1.54, 1.807) is 34.9 Å². The minimum atomic E-state index is -0.168. The summed E-state index contributed by atoms with van der Waals surface area (Å²) in [5.74, 6) is 0.362. The second-order valence-corrected chi connectivity index (χ2v) is 7.42. The van der Waals surface area contributed by atoms with Gasteiger partial charge in [0.2, 0.25) is 5.91 Å². The molecule has 4 rings (SSSR count). The van der Waals surface area contributed by atoms with Gasteiger partial charge in [-0.25, -0.2) is 4.98 Å². The minimum absolute atomic E-state index is 0.0258. The molecular formula is C23H24N4O3. The van der Waals surface area contributed by atoms with Crippen molar-refractivity contribution in [3.05, 3.63) is 76.3 Å². The summed E-state index contributed by atoms with van der Waals surface area (Å²) in [6, 6.07) is 16.5. The van der Waals surface area contributed by atoms with Gasteiger partial charge in [0.1, 0.15) is 5.82 Å². The average Bonchev–Trinajstić information content (AvgIpc) is 3.61. The molecule has 3 aromatic rings. The molecule has 1 fully saturated rings. The van der Waals surface area contributed by atoms with Crippen molar-refractivity contribution in [3.8, 4) is 0 Å². The molecule has 154 valence electrons. The van der Waals surface area contributed by atoms with Crippen molar-refractivity contribution in [1.29, 1.82) is 0 Å². The number of hydrogen-bond donors (Lipinski definition) is 2. The molecule has 0 radical (unpaired) electrons. The standard InChI is InChI=1S/C23H24N4O3/c28-21(24-14-15-25-22(29)16-6-2-1-3-7-16)13-12-20-26-19-9-5-4-8-18(19)23(30)27(20)17-10-11-17/h1-9,17H,10-15H2,(H,24,28)(H,25,29). The number of carbonyl (C=O) groups excluding carboxylic acids is 2. The van der Waals surface area contributed by atoms with E-state index in [4.69, 9.17) is 0 Å². The van der Waals surface area contributed by atoms with Crippen molar-refractivity contribution in [3.63, 3.8) is 0 Å². The topological polar surface area (TPSA) is 93.1 Å². The Hall–Kier alpha value is -3.48. The van der Waals surface area contributed by atoms with Gasteiger partial charge in [0.15, 0.2) is 0 Å². The van der Waals surface area contributed by atoms with Crippen LogP contribution in [0.1, 0.15) is 41.5 Å². The highest BCUT2D eigenvalue weighted by Gasteiger charge is 2.28. The molecule has 0 aliphatic heterocycles. The Labute approximate surface area is 174 Å². The molecule has 1 aliphatic rings. The fraction of sp³-hybridized carbons (Fsp3) is 0.304. The maximum absolute atomic E-state index is 12.8. The van der Waals surface area contributed by atoms with E-state index in [2.05, 4.69) is 15.6 Å². The van der Waals surface area contributed by atoms with Gasteiger partial charge in [0, 0.05) is 37.5 Å². The predicted octanol–water partition coefficient (Wildman–Crippen LogP) is 2.21. The lowest BCUT2D eigenvalue weighted by molar-refractivity contribution is -0.121. The lowest BCUT2D eigenvalue weighted by Gasteiger charge is -2.13. The fourth-order valence-electron chi connectivity index (χ4n) is 3.46. The van der Waals surface area contributed by atoms with Gasteiger partial charge in [0.05, 0.1) is 10.9 Å². The van der Waals surface area contributed by atoms with Gasteiger partial charge < -0.3 is 10.6 Å². The number of aryl methyl sites for hydroxylation is 1. The van der Waals surface area contributed by atoms with Crippen molar-refractivity contribution >= 4 is 22.7 Å². The molecule has 1 aromatic heterocycles. The first kappa shape index (κ1) is 19.8. The largest absolute Gasteiger partial charge is 0.354 e. The quantitative estimate of drug-likeness (QED) is 0.563. The minimum Gasteiger partial charge on any atom is -0.354 e. The Morgan fingerprint density at radius 2 is 1.67 bits per heavy atom. The first-order valence-corrected chi connectivity index (χ1v) is 10.2. The number of para-hydroxylation sites is 1. The number of benzene rings is 2. The summed E-state index contributed by atoms with van der Waals surface area (Å²) in [6.07, 6.45) is 2.59. The van der Waals surface area contributed by atoms with E-state index in [1.165, 1.54) is 0 Å². The average molecular weight is 404 g/mol. The van der Waals surface area contributed by atoms with Crippen LogP contribution in [0.5, 0.6) is 0 Å². The third-order valence-electron chi connectivity index (χ3n) is 5.14. The number of hydrogen-bond acceptors (Lipinski definition) is 4. The van der Waals surface area contributed by atoms with Crippen LogP contribution < -0.4 is 16.2 Å². The second-order valence-electron chi connectivity index (χ2n) is 7.42. The summed E-state index contributed by atoms with van der Waals surface area (Å²) >= 11 is 0. The number of rotatable bonds is 8. The molecule has 30 heavy (non-hydrogen) atoms. The molecule has 0 saturated heterocycles. The van der Waals surface area contributed by atoms with E-state index in [0.717, 1.165) is 12.8 Å². The van der Waals surface area contributed by atoms with Crippen molar-refractivity contribution in [1.82, 2.24) is 20.2 Å². The molecule has 0 spiro atoms. The fourth-order valence-corrected chi connectivity index (χ4v) is 3.46. The van der Waals surface area contributed by atoms with Crippen molar-refractivity contribution in [2.75, 3.05) is 13.1 Å². The van der Waals surface area contributed by atoms with Crippen LogP contribution in [-0.4, -0.2) is 34.5 Å². The smallest absolute Gasteiger partial charge is 0.261 e. The van der Waals surface area contributed by atoms with E-state index < -0.39 is 0 Å². The molecule has 1 aliphatic carbocycles. The summed E-state index contributed by atoms with van der Waals surface area (Å²) in [5, 5.41) is 6.20. The van der Waals surface area contributed by atoms with E-state index in [-0.39, 0.29) is 29.8 Å². The maximum atomic E-state index is 12.8. The van der Waals surface area contributed by atoms with E-state index in [9.17, 15) is 14.4 Å². The van der Waals surface area contributed by atoms with Gasteiger partial charge in [-0.15, -0.1) is 0 Å². The highest BCUT2D eigenvalue weighted by molar-refractivity contribution is 5.94. The van der Waals surface area contributed by atoms with Crippen LogP contribution in [0, 0.1) is 0 Å². The van der Waals surface area contributed by atoms with Crippen molar-refractivity contribution < 1.29 is 9.59 Å². The van der Waals surface area contributed by atoms with Gasteiger partial charge in [-0.3, -0.25) is 19.0 Å². The normalized spacial score (nSPS) is 13.2. The zero-order valence-corrected chi connectivity index (χ0v) is 16.6. The molecule has 1 saturated carbocycles. The lowest BCUT2D eigenvalue weighted by Crippen LogP contribution is -2.35. The number of nitrogens with zero attached hydrogens (tertiary/aromatic N) is 2. The number of amides is 2. The summed E-state index contributed by atoms with van der Waals surface area (Å²) in [6.45, 7) is 0.693. The Bertz CT molecular complexity index is 1120. The number of nitrogens with one attached hydrogen (secondary N) is 2. The van der Waals surface area contributed by atoms with Gasteiger partial charge >= 0.3 is 0 Å². The summed E-state index contributed by atoms with van der Waals surface area (Å²) in [5.41, 5.74) is 1.23. The van der Waals surface area contributed by atoms with Gasteiger partial charge in [-0.05, 0) is 37.1 Å². The Balaban J connectivity index is 1.31. The van der Waals surface area contributed by atoms with E-state index in [1.807, 2.05) is 24.3 Å².